The number of halogens is 2. The smallest absolute Gasteiger partial charge is 0.196 e. The second-order valence-electron chi connectivity index (χ2n) is 4.48. The van der Waals surface area contributed by atoms with Gasteiger partial charge in [-0.1, -0.05) is 6.07 Å². The SMILES string of the molecule is Cc1cc(C(=O)c2cc(N)ccc2C)c(F)cc1F. The minimum absolute atomic E-state index is 0.146. The first kappa shape index (κ1) is 13.2. The van der Waals surface area contributed by atoms with Crippen LogP contribution in [0.25, 0.3) is 0 Å². The van der Waals surface area contributed by atoms with Gasteiger partial charge in [-0.2, -0.15) is 0 Å². The molecule has 2 rings (SSSR count). The normalized spacial score (nSPS) is 10.5. The lowest BCUT2D eigenvalue weighted by Gasteiger charge is -2.08. The Balaban J connectivity index is 2.56. The first-order valence-corrected chi connectivity index (χ1v) is 5.76. The average molecular weight is 261 g/mol. The Bertz CT molecular complexity index is 665. The van der Waals surface area contributed by atoms with Crippen molar-refractivity contribution < 1.29 is 13.6 Å². The van der Waals surface area contributed by atoms with E-state index >= 15 is 0 Å². The largest absolute Gasteiger partial charge is 0.399 e. The van der Waals surface area contributed by atoms with Gasteiger partial charge in [-0.25, -0.2) is 8.78 Å². The van der Waals surface area contributed by atoms with Crippen LogP contribution in [0.1, 0.15) is 27.0 Å². The molecule has 2 aromatic rings. The highest BCUT2D eigenvalue weighted by Gasteiger charge is 2.18. The van der Waals surface area contributed by atoms with Crippen molar-refractivity contribution in [1.82, 2.24) is 0 Å². The number of carbonyl (C=O) groups is 1. The first-order valence-electron chi connectivity index (χ1n) is 5.76. The van der Waals surface area contributed by atoms with E-state index in [9.17, 15) is 13.6 Å². The van der Waals surface area contributed by atoms with Gasteiger partial charge in [0.1, 0.15) is 11.6 Å². The van der Waals surface area contributed by atoms with Crippen molar-refractivity contribution in [3.63, 3.8) is 0 Å². The molecule has 2 nitrogen and oxygen atoms in total. The second-order valence-corrected chi connectivity index (χ2v) is 4.48. The molecule has 0 amide bonds. The monoisotopic (exact) mass is 261 g/mol. The van der Waals surface area contributed by atoms with E-state index < -0.39 is 17.4 Å². The Kier molecular flexibility index (Phi) is 3.34. The summed E-state index contributed by atoms with van der Waals surface area (Å²) in [4.78, 5) is 12.3. The predicted molar refractivity (Wildman–Crippen MR) is 70.1 cm³/mol. The Morgan fingerprint density at radius 2 is 1.63 bits per heavy atom. The van der Waals surface area contributed by atoms with Crippen LogP contribution in [0.4, 0.5) is 14.5 Å². The van der Waals surface area contributed by atoms with Crippen LogP contribution in [0.5, 0.6) is 0 Å². The topological polar surface area (TPSA) is 43.1 Å². The summed E-state index contributed by atoms with van der Waals surface area (Å²) in [6, 6.07) is 6.80. The third kappa shape index (κ3) is 2.47. The summed E-state index contributed by atoms with van der Waals surface area (Å²) in [7, 11) is 0. The zero-order valence-electron chi connectivity index (χ0n) is 10.6. The molecule has 0 fully saturated rings. The number of anilines is 1. The molecule has 0 radical (unpaired) electrons. The van der Waals surface area contributed by atoms with Gasteiger partial charge in [0.15, 0.2) is 5.78 Å². The summed E-state index contributed by atoms with van der Waals surface area (Å²) in [6.45, 7) is 3.22. The highest BCUT2D eigenvalue weighted by atomic mass is 19.1. The third-order valence-electron chi connectivity index (χ3n) is 3.00. The van der Waals surface area contributed by atoms with E-state index in [0.717, 1.165) is 6.07 Å². The molecule has 0 saturated carbocycles. The first-order chi connectivity index (χ1) is 8.90. The molecule has 0 heterocycles. The van der Waals surface area contributed by atoms with E-state index in [-0.39, 0.29) is 11.1 Å². The van der Waals surface area contributed by atoms with Gasteiger partial charge < -0.3 is 5.73 Å². The van der Waals surface area contributed by atoms with Gasteiger partial charge >= 0.3 is 0 Å². The summed E-state index contributed by atoms with van der Waals surface area (Å²) in [5, 5.41) is 0. The number of nitrogens with two attached hydrogens (primary N) is 1. The molecule has 0 unspecified atom stereocenters. The molecule has 0 aliphatic heterocycles. The lowest BCUT2D eigenvalue weighted by atomic mass is 9.97. The van der Waals surface area contributed by atoms with Gasteiger partial charge in [-0.05, 0) is 43.2 Å². The summed E-state index contributed by atoms with van der Waals surface area (Å²) in [5.74, 6) is -2.03. The Labute approximate surface area is 109 Å². The Morgan fingerprint density at radius 1 is 0.947 bits per heavy atom. The zero-order valence-corrected chi connectivity index (χ0v) is 10.6. The second kappa shape index (κ2) is 4.80. The number of nitrogen functional groups attached to an aromatic ring is 1. The minimum atomic E-state index is -0.866. The van der Waals surface area contributed by atoms with Crippen LogP contribution in [0, 0.1) is 25.5 Å². The van der Waals surface area contributed by atoms with E-state index in [1.54, 1.807) is 19.1 Å². The number of aryl methyl sites for hydroxylation is 2. The van der Waals surface area contributed by atoms with E-state index in [4.69, 9.17) is 5.73 Å². The van der Waals surface area contributed by atoms with Crippen LogP contribution in [-0.4, -0.2) is 5.78 Å². The van der Waals surface area contributed by atoms with Gasteiger partial charge in [0.25, 0.3) is 0 Å². The number of rotatable bonds is 2. The van der Waals surface area contributed by atoms with Crippen molar-refractivity contribution in [3.05, 3.63) is 64.2 Å². The fourth-order valence-electron chi connectivity index (χ4n) is 1.86. The maximum atomic E-state index is 13.7. The van der Waals surface area contributed by atoms with E-state index in [1.807, 2.05) is 0 Å². The van der Waals surface area contributed by atoms with Crippen molar-refractivity contribution in [3.8, 4) is 0 Å². The molecular weight excluding hydrogens is 248 g/mol. The molecule has 2 N–H and O–H groups in total. The molecule has 0 aromatic heterocycles. The van der Waals surface area contributed by atoms with Crippen molar-refractivity contribution in [1.29, 1.82) is 0 Å². The molecular formula is C15H13F2NO. The molecule has 98 valence electrons. The van der Waals surface area contributed by atoms with Crippen molar-refractivity contribution in [2.24, 2.45) is 0 Å². The van der Waals surface area contributed by atoms with Crippen LogP contribution < -0.4 is 5.73 Å². The lowest BCUT2D eigenvalue weighted by molar-refractivity contribution is 0.103. The van der Waals surface area contributed by atoms with Crippen LogP contribution in [0.15, 0.2) is 30.3 Å². The fraction of sp³-hybridized carbons (Fsp3) is 0.133. The van der Waals surface area contributed by atoms with Crippen molar-refractivity contribution in [2.45, 2.75) is 13.8 Å². The molecule has 19 heavy (non-hydrogen) atoms. The maximum Gasteiger partial charge on any atom is 0.196 e. The van der Waals surface area contributed by atoms with E-state index in [1.165, 1.54) is 19.1 Å². The number of ketones is 1. The number of hydrogen-bond acceptors (Lipinski definition) is 2. The molecule has 0 aliphatic carbocycles. The van der Waals surface area contributed by atoms with Gasteiger partial charge in [0.2, 0.25) is 0 Å². The van der Waals surface area contributed by atoms with Crippen molar-refractivity contribution >= 4 is 11.5 Å². The average Bonchev–Trinajstić information content (AvgIpc) is 2.36. The molecule has 0 spiro atoms. The fourth-order valence-corrected chi connectivity index (χ4v) is 1.86. The highest BCUT2D eigenvalue weighted by Crippen LogP contribution is 2.21. The van der Waals surface area contributed by atoms with Crippen LogP contribution in [0.3, 0.4) is 0 Å². The number of carbonyl (C=O) groups excluding carboxylic acids is 1. The summed E-state index contributed by atoms with van der Waals surface area (Å²) in [6.07, 6.45) is 0. The van der Waals surface area contributed by atoms with Gasteiger partial charge in [-0.3, -0.25) is 4.79 Å². The quantitative estimate of drug-likeness (QED) is 0.665. The highest BCUT2D eigenvalue weighted by molar-refractivity contribution is 6.10. The molecule has 4 heteroatoms. The number of benzene rings is 2. The summed E-state index contributed by atoms with van der Waals surface area (Å²) < 4.78 is 26.9. The maximum absolute atomic E-state index is 13.7. The summed E-state index contributed by atoms with van der Waals surface area (Å²) >= 11 is 0. The van der Waals surface area contributed by atoms with E-state index in [0.29, 0.717) is 16.8 Å². The summed E-state index contributed by atoms with van der Waals surface area (Å²) in [5.41, 5.74) is 7.15. The van der Waals surface area contributed by atoms with Crippen LogP contribution in [0.2, 0.25) is 0 Å². The number of hydrogen-bond donors (Lipinski definition) is 1. The van der Waals surface area contributed by atoms with Gasteiger partial charge in [-0.15, -0.1) is 0 Å². The van der Waals surface area contributed by atoms with Crippen LogP contribution in [-0.2, 0) is 0 Å². The van der Waals surface area contributed by atoms with Gasteiger partial charge in [0.05, 0.1) is 5.56 Å². The van der Waals surface area contributed by atoms with Gasteiger partial charge in [0, 0.05) is 17.3 Å². The molecule has 2 aromatic carbocycles. The standard InChI is InChI=1S/C15H13F2NO/c1-8-3-4-10(18)6-11(8)15(19)12-5-9(2)13(16)7-14(12)17/h3-7H,18H2,1-2H3. The van der Waals surface area contributed by atoms with E-state index in [2.05, 4.69) is 0 Å². The minimum Gasteiger partial charge on any atom is -0.399 e. The predicted octanol–water partition coefficient (Wildman–Crippen LogP) is 3.39. The van der Waals surface area contributed by atoms with Crippen molar-refractivity contribution in [2.75, 3.05) is 5.73 Å². The third-order valence-corrected chi connectivity index (χ3v) is 3.00. The molecule has 0 saturated heterocycles. The zero-order chi connectivity index (χ0) is 14.2. The molecule has 0 atom stereocenters. The molecule has 0 aliphatic rings. The Morgan fingerprint density at radius 3 is 2.32 bits per heavy atom. The molecule has 0 bridgehead atoms. The Hall–Kier alpha value is -2.23. The lowest BCUT2D eigenvalue weighted by Crippen LogP contribution is -2.08. The van der Waals surface area contributed by atoms with Crippen LogP contribution >= 0.6 is 0 Å².